The van der Waals surface area contributed by atoms with Crippen LogP contribution in [0.5, 0.6) is 5.75 Å². The second-order valence-corrected chi connectivity index (χ2v) is 7.39. The first kappa shape index (κ1) is 21.9. The molecule has 3 aromatic rings. The first-order valence-electron chi connectivity index (χ1n) is 8.69. The van der Waals surface area contributed by atoms with Gasteiger partial charge in [-0.2, -0.15) is 0 Å². The molecule has 9 heteroatoms. The van der Waals surface area contributed by atoms with E-state index in [1.54, 1.807) is 24.3 Å². The molecule has 0 bridgehead atoms. The standard InChI is InChI=1S/C19H22N4O3S.ClH/c1-11-12(2)27-19-17(11)18(25)22-15(23-19)7-8-16(24)21-13-3-5-14(6-4-13)26-10-9-20;/h3-6H,7-10,20H2,1-2H3,(H,21,24)(H,22,23,25);1H. The average molecular weight is 423 g/mol. The highest BCUT2D eigenvalue weighted by atomic mass is 35.5. The number of ether oxygens (including phenoxy) is 1. The molecular weight excluding hydrogens is 400 g/mol. The number of hydrogen-bond acceptors (Lipinski definition) is 6. The van der Waals surface area contributed by atoms with Crippen LogP contribution in [0.4, 0.5) is 5.69 Å². The Morgan fingerprint density at radius 2 is 2.00 bits per heavy atom. The Morgan fingerprint density at radius 1 is 1.29 bits per heavy atom. The number of benzene rings is 1. The molecule has 150 valence electrons. The van der Waals surface area contributed by atoms with E-state index in [-0.39, 0.29) is 30.3 Å². The maximum Gasteiger partial charge on any atom is 0.259 e. The van der Waals surface area contributed by atoms with Crippen molar-refractivity contribution < 1.29 is 9.53 Å². The molecule has 7 nitrogen and oxygen atoms in total. The number of nitrogens with two attached hydrogens (primary N) is 1. The Labute approximate surface area is 172 Å². The number of rotatable bonds is 7. The highest BCUT2D eigenvalue weighted by Crippen LogP contribution is 2.25. The van der Waals surface area contributed by atoms with Crippen LogP contribution in [-0.2, 0) is 11.2 Å². The van der Waals surface area contributed by atoms with E-state index in [1.165, 1.54) is 11.3 Å². The largest absolute Gasteiger partial charge is 0.492 e. The highest BCUT2D eigenvalue weighted by molar-refractivity contribution is 7.18. The molecule has 0 aliphatic heterocycles. The number of halogens is 1. The molecule has 1 amide bonds. The van der Waals surface area contributed by atoms with E-state index in [9.17, 15) is 9.59 Å². The summed E-state index contributed by atoms with van der Waals surface area (Å²) in [6.07, 6.45) is 0.591. The van der Waals surface area contributed by atoms with Gasteiger partial charge in [0.05, 0.1) is 5.39 Å². The predicted molar refractivity (Wildman–Crippen MR) is 115 cm³/mol. The molecule has 3 rings (SSSR count). The van der Waals surface area contributed by atoms with E-state index >= 15 is 0 Å². The van der Waals surface area contributed by atoms with Crippen molar-refractivity contribution in [3.05, 3.63) is 50.9 Å². The number of thiophene rings is 1. The zero-order valence-electron chi connectivity index (χ0n) is 15.7. The summed E-state index contributed by atoms with van der Waals surface area (Å²) >= 11 is 1.50. The number of carbonyl (C=O) groups excluding carboxylic acids is 1. The fourth-order valence-corrected chi connectivity index (χ4v) is 3.73. The van der Waals surface area contributed by atoms with Crippen LogP contribution in [0.25, 0.3) is 10.2 Å². The molecule has 0 unspecified atom stereocenters. The van der Waals surface area contributed by atoms with Gasteiger partial charge in [0.25, 0.3) is 5.56 Å². The topological polar surface area (TPSA) is 110 Å². The number of fused-ring (bicyclic) bond motifs is 1. The molecule has 2 heterocycles. The number of aryl methyl sites for hydroxylation is 3. The van der Waals surface area contributed by atoms with E-state index in [2.05, 4.69) is 15.3 Å². The van der Waals surface area contributed by atoms with Crippen LogP contribution in [0.15, 0.2) is 29.1 Å². The van der Waals surface area contributed by atoms with Crippen LogP contribution in [0, 0.1) is 13.8 Å². The minimum atomic E-state index is -0.148. The molecule has 0 saturated carbocycles. The lowest BCUT2D eigenvalue weighted by Crippen LogP contribution is -2.16. The van der Waals surface area contributed by atoms with E-state index in [0.29, 0.717) is 42.2 Å². The number of nitrogens with zero attached hydrogens (tertiary/aromatic N) is 1. The molecule has 1 aromatic carbocycles. The van der Waals surface area contributed by atoms with Gasteiger partial charge in [-0.15, -0.1) is 23.7 Å². The summed E-state index contributed by atoms with van der Waals surface area (Å²) in [6, 6.07) is 7.10. The molecule has 0 radical (unpaired) electrons. The third-order valence-electron chi connectivity index (χ3n) is 4.20. The summed E-state index contributed by atoms with van der Waals surface area (Å²) in [4.78, 5) is 33.5. The van der Waals surface area contributed by atoms with Crippen LogP contribution < -0.4 is 21.3 Å². The number of hydrogen-bond donors (Lipinski definition) is 3. The number of carbonyl (C=O) groups is 1. The molecule has 0 atom stereocenters. The van der Waals surface area contributed by atoms with Crippen LogP contribution in [0.3, 0.4) is 0 Å². The molecule has 28 heavy (non-hydrogen) atoms. The third-order valence-corrected chi connectivity index (χ3v) is 5.30. The molecule has 0 aliphatic rings. The summed E-state index contributed by atoms with van der Waals surface area (Å²) in [5.41, 5.74) is 6.89. The van der Waals surface area contributed by atoms with Crippen LogP contribution >= 0.6 is 23.7 Å². The first-order valence-corrected chi connectivity index (χ1v) is 9.51. The normalized spacial score (nSPS) is 10.5. The van der Waals surface area contributed by atoms with Gasteiger partial charge < -0.3 is 20.8 Å². The summed E-state index contributed by atoms with van der Waals surface area (Å²) in [5.74, 6) is 1.08. The fourth-order valence-electron chi connectivity index (χ4n) is 2.68. The van der Waals surface area contributed by atoms with Crippen molar-refractivity contribution in [2.24, 2.45) is 5.73 Å². The van der Waals surface area contributed by atoms with Crippen molar-refractivity contribution in [1.82, 2.24) is 9.97 Å². The Bertz CT molecular complexity index is 1010. The second-order valence-electron chi connectivity index (χ2n) is 6.19. The first-order chi connectivity index (χ1) is 13.0. The molecule has 0 saturated heterocycles. The molecule has 4 N–H and O–H groups in total. The zero-order valence-corrected chi connectivity index (χ0v) is 17.3. The Morgan fingerprint density at radius 3 is 2.68 bits per heavy atom. The smallest absolute Gasteiger partial charge is 0.259 e. The minimum Gasteiger partial charge on any atom is -0.492 e. The fraction of sp³-hybridized carbons (Fsp3) is 0.316. The molecule has 0 aliphatic carbocycles. The lowest BCUT2D eigenvalue weighted by molar-refractivity contribution is -0.116. The number of anilines is 1. The molecule has 0 spiro atoms. The predicted octanol–water partition coefficient (Wildman–Crippen LogP) is 2.93. The number of aromatic amines is 1. The quantitative estimate of drug-likeness (QED) is 0.542. The van der Waals surface area contributed by atoms with Crippen LogP contribution in [-0.4, -0.2) is 29.0 Å². The zero-order chi connectivity index (χ0) is 19.4. The number of H-pyrrole nitrogens is 1. The van der Waals surface area contributed by atoms with E-state index < -0.39 is 0 Å². The number of aromatic nitrogens is 2. The lowest BCUT2D eigenvalue weighted by Gasteiger charge is -2.07. The van der Waals surface area contributed by atoms with Gasteiger partial charge in [0.1, 0.15) is 23.0 Å². The summed E-state index contributed by atoms with van der Waals surface area (Å²) in [7, 11) is 0. The third kappa shape index (κ3) is 5.09. The summed E-state index contributed by atoms with van der Waals surface area (Å²) in [6.45, 7) is 4.79. The Kier molecular flexibility index (Phi) is 7.56. The highest BCUT2D eigenvalue weighted by Gasteiger charge is 2.12. The molecule has 2 aromatic heterocycles. The monoisotopic (exact) mass is 422 g/mol. The van der Waals surface area contributed by atoms with E-state index in [0.717, 1.165) is 15.3 Å². The van der Waals surface area contributed by atoms with Gasteiger partial charge in [-0.25, -0.2) is 4.98 Å². The van der Waals surface area contributed by atoms with Crippen molar-refractivity contribution in [2.45, 2.75) is 26.7 Å². The Balaban J connectivity index is 0.00000280. The van der Waals surface area contributed by atoms with Gasteiger partial charge >= 0.3 is 0 Å². The van der Waals surface area contributed by atoms with Gasteiger partial charge in [-0.1, -0.05) is 0 Å². The molecule has 0 fully saturated rings. The van der Waals surface area contributed by atoms with E-state index in [1.807, 2.05) is 13.8 Å². The summed E-state index contributed by atoms with van der Waals surface area (Å²) < 4.78 is 5.40. The van der Waals surface area contributed by atoms with Crippen molar-refractivity contribution >= 4 is 45.6 Å². The van der Waals surface area contributed by atoms with Gasteiger partial charge in [0, 0.05) is 30.0 Å². The summed E-state index contributed by atoms with van der Waals surface area (Å²) in [5, 5.41) is 3.47. The number of nitrogens with one attached hydrogen (secondary N) is 2. The maximum absolute atomic E-state index is 12.3. The van der Waals surface area contributed by atoms with E-state index in [4.69, 9.17) is 10.5 Å². The SMILES string of the molecule is Cc1sc2nc(CCC(=O)Nc3ccc(OCCN)cc3)[nH]c(=O)c2c1C.Cl. The van der Waals surface area contributed by atoms with Crippen LogP contribution in [0.2, 0.25) is 0 Å². The average Bonchev–Trinajstić information content (AvgIpc) is 2.94. The lowest BCUT2D eigenvalue weighted by atomic mass is 10.2. The van der Waals surface area contributed by atoms with Gasteiger partial charge in [0.2, 0.25) is 5.91 Å². The number of amides is 1. The van der Waals surface area contributed by atoms with Crippen molar-refractivity contribution in [3.63, 3.8) is 0 Å². The Hall–Kier alpha value is -2.42. The van der Waals surface area contributed by atoms with Gasteiger partial charge in [0.15, 0.2) is 0 Å². The van der Waals surface area contributed by atoms with Crippen molar-refractivity contribution in [1.29, 1.82) is 0 Å². The van der Waals surface area contributed by atoms with Gasteiger partial charge in [-0.05, 0) is 43.7 Å². The second kappa shape index (κ2) is 9.68. The van der Waals surface area contributed by atoms with Gasteiger partial charge in [-0.3, -0.25) is 9.59 Å². The van der Waals surface area contributed by atoms with Crippen molar-refractivity contribution in [2.75, 3.05) is 18.5 Å². The van der Waals surface area contributed by atoms with Crippen LogP contribution in [0.1, 0.15) is 22.7 Å². The molecular formula is C19H23ClN4O3S. The van der Waals surface area contributed by atoms with Crippen molar-refractivity contribution in [3.8, 4) is 5.75 Å². The maximum atomic E-state index is 12.3. The minimum absolute atomic E-state index is 0.